The zero-order valence-electron chi connectivity index (χ0n) is 10.3. The molecule has 2 aliphatic rings. The number of hydrogen-bond acceptors (Lipinski definition) is 6. The van der Waals surface area contributed by atoms with Gasteiger partial charge in [0.1, 0.15) is 5.82 Å². The quantitative estimate of drug-likeness (QED) is 0.587. The normalized spacial score (nSPS) is 20.5. The predicted octanol–water partition coefficient (Wildman–Crippen LogP) is -2.28. The molecule has 6 heteroatoms. The monoisotopic (exact) mass is 252 g/mol. The van der Waals surface area contributed by atoms with Crippen molar-refractivity contribution >= 4 is 5.97 Å². The molecule has 2 rings (SSSR count). The van der Waals surface area contributed by atoms with Crippen LogP contribution >= 0.6 is 0 Å². The minimum Gasteiger partial charge on any atom is -0.545 e. The number of β-amino-alcohol motifs (C(OH)–C–C–N with tert-alkyl or cyclic N) is 1. The van der Waals surface area contributed by atoms with Gasteiger partial charge < -0.3 is 30.1 Å². The molecule has 100 valence electrons. The number of aliphatic hydroxyl groups is 1. The molecule has 0 unspecified atom stereocenters. The lowest BCUT2D eigenvalue weighted by Crippen LogP contribution is -2.48. The van der Waals surface area contributed by atoms with Crippen LogP contribution in [0.15, 0.2) is 23.5 Å². The van der Waals surface area contributed by atoms with Crippen LogP contribution in [0.25, 0.3) is 0 Å². The van der Waals surface area contributed by atoms with Gasteiger partial charge >= 0.3 is 0 Å². The Morgan fingerprint density at radius 3 is 2.72 bits per heavy atom. The van der Waals surface area contributed by atoms with Crippen LogP contribution in [0.1, 0.15) is 0 Å². The van der Waals surface area contributed by atoms with E-state index in [-0.39, 0.29) is 12.2 Å². The van der Waals surface area contributed by atoms with Gasteiger partial charge in [0.25, 0.3) is 0 Å². The van der Waals surface area contributed by atoms with Crippen molar-refractivity contribution in [3.63, 3.8) is 0 Å². The third kappa shape index (κ3) is 2.83. The van der Waals surface area contributed by atoms with Crippen LogP contribution in [0.3, 0.4) is 0 Å². The van der Waals surface area contributed by atoms with Crippen molar-refractivity contribution in [3.05, 3.63) is 23.5 Å². The van der Waals surface area contributed by atoms with Crippen molar-refractivity contribution < 1.29 is 15.0 Å². The van der Waals surface area contributed by atoms with E-state index in [1.54, 1.807) is 12.2 Å². The summed E-state index contributed by atoms with van der Waals surface area (Å²) in [6.07, 6.45) is 3.40. The number of allylic oxidation sites excluding steroid dienone is 2. The largest absolute Gasteiger partial charge is 0.545 e. The third-order valence-corrected chi connectivity index (χ3v) is 3.19. The average Bonchev–Trinajstić information content (AvgIpc) is 2.40. The predicted molar refractivity (Wildman–Crippen MR) is 64.3 cm³/mol. The first-order valence-electron chi connectivity index (χ1n) is 6.16. The van der Waals surface area contributed by atoms with E-state index >= 15 is 0 Å². The summed E-state index contributed by atoms with van der Waals surface area (Å²) in [7, 11) is 0. The minimum atomic E-state index is -1.14. The Morgan fingerprint density at radius 1 is 1.39 bits per heavy atom. The van der Waals surface area contributed by atoms with E-state index in [0.29, 0.717) is 13.1 Å². The van der Waals surface area contributed by atoms with Gasteiger partial charge in [-0.05, 0) is 11.6 Å². The van der Waals surface area contributed by atoms with Gasteiger partial charge in [0, 0.05) is 39.3 Å². The first-order valence-corrected chi connectivity index (χ1v) is 6.16. The lowest BCUT2D eigenvalue weighted by molar-refractivity contribution is -0.299. The van der Waals surface area contributed by atoms with Gasteiger partial charge in [0.15, 0.2) is 0 Å². The van der Waals surface area contributed by atoms with Crippen LogP contribution in [-0.4, -0.2) is 66.8 Å². The number of carbonyl (C=O) groups excluding carboxylic acids is 1. The number of nitrogens with one attached hydrogen (secondary N) is 1. The van der Waals surface area contributed by atoms with Crippen molar-refractivity contribution in [2.24, 2.45) is 0 Å². The smallest absolute Gasteiger partial charge is 0.104 e. The standard InChI is InChI=1S/C12H19N3O3/c16-8-7-15-9-10(12(17)18)1-2-11(15)14-5-3-13-4-6-14/h1-2,13,16H,3-9H2,(H,17,18)/p-1. The van der Waals surface area contributed by atoms with E-state index in [9.17, 15) is 9.90 Å². The number of carboxylic acid groups (broad SMARTS) is 1. The molecule has 6 nitrogen and oxygen atoms in total. The molecule has 0 spiro atoms. The van der Waals surface area contributed by atoms with Crippen molar-refractivity contribution in [3.8, 4) is 0 Å². The zero-order valence-corrected chi connectivity index (χ0v) is 10.3. The Bertz CT molecular complexity index is 373. The van der Waals surface area contributed by atoms with Crippen molar-refractivity contribution in [1.29, 1.82) is 0 Å². The van der Waals surface area contributed by atoms with Gasteiger partial charge in [-0.25, -0.2) is 0 Å². The number of carboxylic acids is 1. The van der Waals surface area contributed by atoms with Crippen molar-refractivity contribution in [1.82, 2.24) is 15.1 Å². The second-order valence-corrected chi connectivity index (χ2v) is 4.39. The lowest BCUT2D eigenvalue weighted by Gasteiger charge is -2.40. The summed E-state index contributed by atoms with van der Waals surface area (Å²) in [4.78, 5) is 15.0. The molecule has 0 aromatic rings. The topological polar surface area (TPSA) is 78.9 Å². The number of hydrogen-bond donors (Lipinski definition) is 2. The first kappa shape index (κ1) is 12.9. The Balaban J connectivity index is 2.15. The fourth-order valence-electron chi connectivity index (χ4n) is 2.27. The Morgan fingerprint density at radius 2 is 2.11 bits per heavy atom. The Kier molecular flexibility index (Phi) is 4.22. The molecule has 0 aromatic carbocycles. The van der Waals surface area contributed by atoms with Crippen LogP contribution < -0.4 is 10.4 Å². The molecule has 0 aliphatic carbocycles. The molecule has 0 saturated carbocycles. The number of aliphatic carboxylic acids is 1. The van der Waals surface area contributed by atoms with Crippen LogP contribution in [0.4, 0.5) is 0 Å². The zero-order chi connectivity index (χ0) is 13.0. The molecule has 0 radical (unpaired) electrons. The molecule has 2 aliphatic heterocycles. The third-order valence-electron chi connectivity index (χ3n) is 3.19. The highest BCUT2D eigenvalue weighted by atomic mass is 16.4. The number of rotatable bonds is 4. The fourth-order valence-corrected chi connectivity index (χ4v) is 2.27. The number of piperazine rings is 1. The van der Waals surface area contributed by atoms with Gasteiger partial charge in [-0.15, -0.1) is 0 Å². The van der Waals surface area contributed by atoms with Crippen LogP contribution in [0.2, 0.25) is 0 Å². The molecule has 2 heterocycles. The number of nitrogens with zero attached hydrogens (tertiary/aromatic N) is 2. The van der Waals surface area contributed by atoms with E-state index in [2.05, 4.69) is 10.2 Å². The Hall–Kier alpha value is -1.53. The highest BCUT2D eigenvalue weighted by Gasteiger charge is 2.21. The molecule has 0 atom stereocenters. The van der Waals surface area contributed by atoms with Crippen LogP contribution in [0, 0.1) is 0 Å². The molecular weight excluding hydrogens is 234 g/mol. The number of aliphatic hydroxyl groups excluding tert-OH is 1. The molecule has 0 aromatic heterocycles. The summed E-state index contributed by atoms with van der Waals surface area (Å²) in [5.41, 5.74) is 0.252. The second kappa shape index (κ2) is 5.88. The molecule has 18 heavy (non-hydrogen) atoms. The van der Waals surface area contributed by atoms with Gasteiger partial charge in [0.05, 0.1) is 12.6 Å². The Labute approximate surface area is 106 Å². The SMILES string of the molecule is O=C([O-])C1=CC=C(N2CCNCC2)N(CCO)C1. The summed E-state index contributed by atoms with van der Waals surface area (Å²) in [5, 5.41) is 23.2. The highest BCUT2D eigenvalue weighted by molar-refractivity contribution is 5.86. The van der Waals surface area contributed by atoms with Crippen LogP contribution in [0.5, 0.6) is 0 Å². The highest BCUT2D eigenvalue weighted by Crippen LogP contribution is 2.18. The van der Waals surface area contributed by atoms with E-state index in [4.69, 9.17) is 5.11 Å². The van der Waals surface area contributed by atoms with Crippen LogP contribution in [-0.2, 0) is 4.79 Å². The summed E-state index contributed by atoms with van der Waals surface area (Å²) in [6, 6.07) is 0. The second-order valence-electron chi connectivity index (χ2n) is 4.39. The molecule has 0 bridgehead atoms. The molecule has 1 saturated heterocycles. The summed E-state index contributed by atoms with van der Waals surface area (Å²) >= 11 is 0. The van der Waals surface area contributed by atoms with Gasteiger partial charge in [-0.2, -0.15) is 0 Å². The molecule has 1 fully saturated rings. The molecule has 0 amide bonds. The van der Waals surface area contributed by atoms with Crippen molar-refractivity contribution in [2.75, 3.05) is 45.9 Å². The van der Waals surface area contributed by atoms with E-state index in [1.807, 2.05) is 4.90 Å². The molecule has 2 N–H and O–H groups in total. The van der Waals surface area contributed by atoms with Gasteiger partial charge in [-0.3, -0.25) is 0 Å². The van der Waals surface area contributed by atoms with Crippen molar-refractivity contribution in [2.45, 2.75) is 0 Å². The van der Waals surface area contributed by atoms with Gasteiger partial charge in [-0.1, -0.05) is 6.08 Å². The molecular formula is C12H18N3O3-. The summed E-state index contributed by atoms with van der Waals surface area (Å²) in [5.74, 6) is -0.163. The fraction of sp³-hybridized carbons (Fsp3) is 0.583. The van der Waals surface area contributed by atoms with Gasteiger partial charge in [0.2, 0.25) is 0 Å². The maximum atomic E-state index is 10.9. The maximum Gasteiger partial charge on any atom is 0.104 e. The summed E-state index contributed by atoms with van der Waals surface area (Å²) in [6.45, 7) is 4.34. The maximum absolute atomic E-state index is 10.9. The van der Waals surface area contributed by atoms with E-state index in [0.717, 1.165) is 32.0 Å². The van der Waals surface area contributed by atoms with E-state index in [1.165, 1.54) is 0 Å². The summed E-state index contributed by atoms with van der Waals surface area (Å²) < 4.78 is 0. The number of carbonyl (C=O) groups is 1. The average molecular weight is 252 g/mol. The minimum absolute atomic E-state index is 0.00373. The first-order chi connectivity index (χ1) is 8.72. The lowest BCUT2D eigenvalue weighted by atomic mass is 10.1. The van der Waals surface area contributed by atoms with E-state index < -0.39 is 5.97 Å².